The highest BCUT2D eigenvalue weighted by molar-refractivity contribution is 5.66. The van der Waals surface area contributed by atoms with E-state index in [9.17, 15) is 9.90 Å². The van der Waals surface area contributed by atoms with Gasteiger partial charge in [0.25, 0.3) is 0 Å². The van der Waals surface area contributed by atoms with Crippen LogP contribution in [-0.2, 0) is 16.1 Å². The summed E-state index contributed by atoms with van der Waals surface area (Å²) in [5, 5.41) is 15.1. The van der Waals surface area contributed by atoms with E-state index < -0.39 is 11.7 Å². The molecule has 1 aromatic rings. The molecule has 1 fully saturated rings. The zero-order valence-electron chi connectivity index (χ0n) is 17.4. The number of ether oxygens (including phenoxy) is 1. The van der Waals surface area contributed by atoms with Crippen LogP contribution in [-0.4, -0.2) is 29.3 Å². The summed E-state index contributed by atoms with van der Waals surface area (Å²) in [6.45, 7) is 9.47. The summed E-state index contributed by atoms with van der Waals surface area (Å²) in [6, 6.07) is 10.4. The second-order valence-electron chi connectivity index (χ2n) is 8.63. The fraction of sp³-hybridized carbons (Fsp3) is 0.583. The average molecular weight is 384 g/mol. The van der Waals surface area contributed by atoms with Crippen molar-refractivity contribution in [2.24, 2.45) is 23.7 Å². The summed E-state index contributed by atoms with van der Waals surface area (Å²) in [7, 11) is 0. The van der Waals surface area contributed by atoms with E-state index >= 15 is 0 Å². The van der Waals surface area contributed by atoms with E-state index in [-0.39, 0.29) is 17.8 Å². The van der Waals surface area contributed by atoms with Gasteiger partial charge >= 0.3 is 5.97 Å². The molecule has 0 bridgehead atoms. The standard InChI is InChI=1S/C24H33NO3/c1-16-12-22-21(17(2)14-25-15-20-8-6-5-7-9-20)11-10-18(3)24(22,27)13-23(16)28-19(4)26/h5-9,12,17-18,21-23,25,27H,10-11,14-15H2,1-4H3/t17-,18-,21+,22-,23-,24-/m1/s1. The maximum atomic E-state index is 11.5. The van der Waals surface area contributed by atoms with Gasteiger partial charge in [0.1, 0.15) is 6.10 Å². The lowest BCUT2D eigenvalue weighted by Crippen LogP contribution is -2.56. The zero-order valence-corrected chi connectivity index (χ0v) is 17.4. The van der Waals surface area contributed by atoms with Crippen LogP contribution in [0.5, 0.6) is 0 Å². The number of hydrogen-bond donors (Lipinski definition) is 2. The van der Waals surface area contributed by atoms with Crippen molar-refractivity contribution in [1.29, 1.82) is 0 Å². The predicted molar refractivity (Wildman–Crippen MR) is 110 cm³/mol. The van der Waals surface area contributed by atoms with Gasteiger partial charge in [-0.25, -0.2) is 0 Å². The Morgan fingerprint density at radius 2 is 2.07 bits per heavy atom. The second-order valence-corrected chi connectivity index (χ2v) is 8.63. The molecule has 28 heavy (non-hydrogen) atoms. The predicted octanol–water partition coefficient (Wildman–Crippen LogP) is 3.78. The van der Waals surface area contributed by atoms with Gasteiger partial charge in [-0.15, -0.1) is 0 Å². The number of benzene rings is 1. The molecule has 0 amide bonds. The topological polar surface area (TPSA) is 58.6 Å². The third-order valence-electron chi connectivity index (χ3n) is 6.53. The summed E-state index contributed by atoms with van der Waals surface area (Å²) in [6.07, 6.45) is 6.88. The van der Waals surface area contributed by atoms with Crippen LogP contribution in [0.2, 0.25) is 0 Å². The molecule has 3 rings (SSSR count). The molecule has 152 valence electrons. The van der Waals surface area contributed by atoms with Crippen LogP contribution in [0, 0.1) is 30.1 Å². The van der Waals surface area contributed by atoms with E-state index in [0.717, 1.165) is 31.5 Å². The van der Waals surface area contributed by atoms with Crippen LogP contribution in [0.4, 0.5) is 0 Å². The molecular formula is C24H33NO3. The Bertz CT molecular complexity index is 701. The molecule has 0 aromatic heterocycles. The number of esters is 1. The minimum Gasteiger partial charge on any atom is -0.457 e. The van der Waals surface area contributed by atoms with Crippen molar-refractivity contribution in [3.05, 3.63) is 54.0 Å². The van der Waals surface area contributed by atoms with E-state index in [1.165, 1.54) is 12.5 Å². The number of nitrogens with one attached hydrogen (secondary N) is 1. The van der Waals surface area contributed by atoms with Crippen molar-refractivity contribution in [1.82, 2.24) is 5.32 Å². The fourth-order valence-electron chi connectivity index (χ4n) is 4.80. The van der Waals surface area contributed by atoms with E-state index in [4.69, 9.17) is 4.74 Å². The molecule has 0 saturated heterocycles. The summed E-state index contributed by atoms with van der Waals surface area (Å²) in [4.78, 5) is 11.4. The van der Waals surface area contributed by atoms with Crippen molar-refractivity contribution in [3.63, 3.8) is 0 Å². The van der Waals surface area contributed by atoms with Crippen molar-refractivity contribution in [2.45, 2.75) is 58.8 Å². The van der Waals surface area contributed by atoms with E-state index in [1.54, 1.807) is 0 Å². The Balaban J connectivity index is 1.69. The molecule has 6 atom stereocenters. The number of carbonyl (C=O) groups is 1. The van der Waals surface area contributed by atoms with Gasteiger partial charge in [-0.05, 0) is 55.2 Å². The summed E-state index contributed by atoms with van der Waals surface area (Å²) in [5.74, 6) is 0.553. The zero-order chi connectivity index (χ0) is 20.3. The first kappa shape index (κ1) is 21.1. The van der Waals surface area contributed by atoms with Crippen molar-refractivity contribution in [2.75, 3.05) is 6.54 Å². The first-order chi connectivity index (χ1) is 13.3. The lowest BCUT2D eigenvalue weighted by molar-refractivity contribution is -0.148. The van der Waals surface area contributed by atoms with Gasteiger partial charge in [0.15, 0.2) is 0 Å². The van der Waals surface area contributed by atoms with Gasteiger partial charge in [0.05, 0.1) is 12.0 Å². The normalized spacial score (nSPS) is 33.5. The molecule has 1 saturated carbocycles. The molecule has 2 aliphatic carbocycles. The number of fused-ring (bicyclic) bond motifs is 1. The highest BCUT2D eigenvalue weighted by Gasteiger charge is 2.53. The van der Waals surface area contributed by atoms with Crippen LogP contribution in [0.3, 0.4) is 0 Å². The van der Waals surface area contributed by atoms with E-state index in [0.29, 0.717) is 11.8 Å². The first-order valence-corrected chi connectivity index (χ1v) is 10.4. The fourth-order valence-corrected chi connectivity index (χ4v) is 4.80. The molecule has 0 spiro atoms. The van der Waals surface area contributed by atoms with E-state index in [2.05, 4.69) is 55.9 Å². The molecule has 0 aliphatic heterocycles. The minimum atomic E-state index is -1.05. The number of aliphatic hydroxyl groups is 1. The highest BCUT2D eigenvalue weighted by Crippen LogP contribution is 2.50. The Morgan fingerprint density at radius 3 is 2.75 bits per heavy atom. The monoisotopic (exact) mass is 383 g/mol. The van der Waals surface area contributed by atoms with Crippen molar-refractivity contribution in [3.8, 4) is 0 Å². The summed E-state index contributed by atoms with van der Waals surface area (Å²) >= 11 is 0. The van der Waals surface area contributed by atoms with Gasteiger partial charge in [-0.3, -0.25) is 4.79 Å². The third kappa shape index (κ3) is 4.49. The molecule has 4 nitrogen and oxygen atoms in total. The Hall–Kier alpha value is -1.65. The molecule has 2 radical (unpaired) electrons. The molecule has 2 N–H and O–H groups in total. The molecule has 0 heterocycles. The van der Waals surface area contributed by atoms with Gasteiger partial charge < -0.3 is 15.2 Å². The van der Waals surface area contributed by atoms with E-state index in [1.807, 2.05) is 13.0 Å². The number of carbonyl (C=O) groups excluding carboxylic acids is 1. The van der Waals surface area contributed by atoms with Crippen LogP contribution in [0.1, 0.15) is 46.1 Å². The van der Waals surface area contributed by atoms with Gasteiger partial charge in [0.2, 0.25) is 0 Å². The molecular weight excluding hydrogens is 350 g/mol. The van der Waals surface area contributed by atoms with Crippen molar-refractivity contribution >= 4 is 5.97 Å². The lowest BCUT2D eigenvalue weighted by atomic mass is 9.57. The van der Waals surface area contributed by atoms with Crippen LogP contribution in [0.25, 0.3) is 0 Å². The largest absolute Gasteiger partial charge is 0.457 e. The first-order valence-electron chi connectivity index (χ1n) is 10.4. The minimum absolute atomic E-state index is 0.0107. The quantitative estimate of drug-likeness (QED) is 0.580. The molecule has 2 aliphatic rings. The smallest absolute Gasteiger partial charge is 0.303 e. The summed E-state index contributed by atoms with van der Waals surface area (Å²) < 4.78 is 5.38. The van der Waals surface area contributed by atoms with Crippen LogP contribution in [0.15, 0.2) is 42.0 Å². The molecule has 1 aromatic carbocycles. The Morgan fingerprint density at radius 1 is 1.36 bits per heavy atom. The Kier molecular flexibility index (Phi) is 6.61. The van der Waals surface area contributed by atoms with Gasteiger partial charge in [-0.1, -0.05) is 50.3 Å². The van der Waals surface area contributed by atoms with Crippen molar-refractivity contribution < 1.29 is 14.6 Å². The number of rotatable bonds is 6. The van der Waals surface area contributed by atoms with Crippen LogP contribution >= 0.6 is 0 Å². The lowest BCUT2D eigenvalue weighted by Gasteiger charge is -2.52. The van der Waals surface area contributed by atoms with Gasteiger partial charge in [0, 0.05) is 19.4 Å². The average Bonchev–Trinajstić information content (AvgIpc) is 2.65. The molecule has 0 unspecified atom stereocenters. The highest BCUT2D eigenvalue weighted by atomic mass is 16.5. The molecule has 4 heteroatoms. The van der Waals surface area contributed by atoms with Gasteiger partial charge in [-0.2, -0.15) is 0 Å². The van der Waals surface area contributed by atoms with Crippen LogP contribution < -0.4 is 5.32 Å². The summed E-state index contributed by atoms with van der Waals surface area (Å²) in [5.41, 5.74) is 1.20. The maximum absolute atomic E-state index is 11.5. The Labute approximate surface area is 169 Å². The number of hydrogen-bond acceptors (Lipinski definition) is 4. The maximum Gasteiger partial charge on any atom is 0.303 e. The SMILES string of the molecule is CC(=O)O[C@@H]1[C][C@@]2(O)[C@H](C)CC[C@@H]([C@H](C)CNCc3ccccc3)[C@H]2C=C1C. The third-order valence-corrected chi connectivity index (χ3v) is 6.53. The second kappa shape index (κ2) is 8.79.